The number of hydrazine groups is 1. The summed E-state index contributed by atoms with van der Waals surface area (Å²) < 4.78 is 0. The second-order valence-corrected chi connectivity index (χ2v) is 8.22. The van der Waals surface area contributed by atoms with Crippen molar-refractivity contribution in [3.05, 3.63) is 0 Å². The number of nitrogens with zero attached hydrogens (tertiary/aromatic N) is 2. The SMILES string of the molecule is CC1CCC2(CC1)CSC(NN1C(C)CCCC1C)=N2. The predicted molar refractivity (Wildman–Crippen MR) is 88.0 cm³/mol. The third-order valence-electron chi connectivity index (χ3n) is 5.44. The minimum absolute atomic E-state index is 0.266. The maximum atomic E-state index is 5.10. The molecule has 1 aliphatic carbocycles. The Kier molecular flexibility index (Phi) is 4.32. The molecule has 0 aromatic carbocycles. The number of aliphatic imine (C=N–C) groups is 1. The van der Waals surface area contributed by atoms with Gasteiger partial charge in [-0.3, -0.25) is 10.4 Å². The molecular weight excluding hydrogens is 266 g/mol. The van der Waals surface area contributed by atoms with Gasteiger partial charge in [-0.1, -0.05) is 25.1 Å². The molecule has 2 heterocycles. The highest BCUT2D eigenvalue weighted by atomic mass is 32.2. The fraction of sp³-hybridized carbons (Fsp3) is 0.938. The minimum atomic E-state index is 0.266. The lowest BCUT2D eigenvalue weighted by Gasteiger charge is -2.39. The monoisotopic (exact) mass is 295 g/mol. The molecule has 1 saturated heterocycles. The fourth-order valence-electron chi connectivity index (χ4n) is 3.85. The van der Waals surface area contributed by atoms with Gasteiger partial charge in [-0.05, 0) is 58.3 Å². The van der Waals surface area contributed by atoms with E-state index in [1.54, 1.807) is 0 Å². The Balaban J connectivity index is 1.63. The van der Waals surface area contributed by atoms with E-state index < -0.39 is 0 Å². The molecule has 114 valence electrons. The summed E-state index contributed by atoms with van der Waals surface area (Å²) in [6.07, 6.45) is 9.26. The highest BCUT2D eigenvalue weighted by Crippen LogP contribution is 2.41. The van der Waals surface area contributed by atoms with E-state index in [4.69, 9.17) is 4.99 Å². The molecule has 2 atom stereocenters. The first-order valence-electron chi connectivity index (χ1n) is 8.36. The van der Waals surface area contributed by atoms with E-state index in [1.165, 1.54) is 55.9 Å². The van der Waals surface area contributed by atoms with Crippen LogP contribution in [0.4, 0.5) is 0 Å². The van der Waals surface area contributed by atoms with Crippen LogP contribution in [-0.4, -0.2) is 33.6 Å². The molecule has 2 fully saturated rings. The fourth-order valence-corrected chi connectivity index (χ4v) is 5.03. The lowest BCUT2D eigenvalue weighted by molar-refractivity contribution is 0.0750. The van der Waals surface area contributed by atoms with E-state index >= 15 is 0 Å². The van der Waals surface area contributed by atoms with Crippen LogP contribution in [0.15, 0.2) is 4.99 Å². The first kappa shape index (κ1) is 14.7. The van der Waals surface area contributed by atoms with Gasteiger partial charge in [-0.25, -0.2) is 5.01 Å². The van der Waals surface area contributed by atoms with Gasteiger partial charge in [0.1, 0.15) is 0 Å². The molecule has 0 aromatic heterocycles. The van der Waals surface area contributed by atoms with Crippen molar-refractivity contribution in [2.75, 3.05) is 5.75 Å². The Hall–Kier alpha value is -0.220. The van der Waals surface area contributed by atoms with E-state index in [2.05, 4.69) is 31.2 Å². The summed E-state index contributed by atoms with van der Waals surface area (Å²) >= 11 is 1.94. The van der Waals surface area contributed by atoms with Crippen LogP contribution in [0.3, 0.4) is 0 Å². The number of nitrogens with one attached hydrogen (secondary N) is 1. The van der Waals surface area contributed by atoms with Crippen LogP contribution in [-0.2, 0) is 0 Å². The van der Waals surface area contributed by atoms with Gasteiger partial charge in [-0.2, -0.15) is 0 Å². The lowest BCUT2D eigenvalue weighted by Crippen LogP contribution is -2.53. The topological polar surface area (TPSA) is 27.6 Å². The summed E-state index contributed by atoms with van der Waals surface area (Å²) in [6, 6.07) is 1.26. The number of hydrogen-bond donors (Lipinski definition) is 1. The van der Waals surface area contributed by atoms with Gasteiger partial charge in [0.2, 0.25) is 0 Å². The predicted octanol–water partition coefficient (Wildman–Crippen LogP) is 3.81. The lowest BCUT2D eigenvalue weighted by atomic mass is 9.79. The van der Waals surface area contributed by atoms with Crippen LogP contribution in [0.5, 0.6) is 0 Å². The van der Waals surface area contributed by atoms with E-state index in [0.29, 0.717) is 12.1 Å². The van der Waals surface area contributed by atoms with Gasteiger partial charge in [0.05, 0.1) is 5.54 Å². The van der Waals surface area contributed by atoms with Crippen molar-refractivity contribution in [1.29, 1.82) is 0 Å². The average molecular weight is 295 g/mol. The van der Waals surface area contributed by atoms with Crippen molar-refractivity contribution in [3.63, 3.8) is 0 Å². The Labute approximate surface area is 127 Å². The first-order valence-corrected chi connectivity index (χ1v) is 9.34. The summed E-state index contributed by atoms with van der Waals surface area (Å²) in [5.41, 5.74) is 3.91. The largest absolute Gasteiger partial charge is 0.297 e. The van der Waals surface area contributed by atoms with Crippen LogP contribution in [0, 0.1) is 5.92 Å². The smallest absolute Gasteiger partial charge is 0.171 e. The number of rotatable bonds is 1. The molecule has 20 heavy (non-hydrogen) atoms. The number of thioether (sulfide) groups is 1. The normalized spacial score (nSPS) is 42.8. The maximum Gasteiger partial charge on any atom is 0.171 e. The zero-order valence-corrected chi connectivity index (χ0v) is 14.0. The van der Waals surface area contributed by atoms with E-state index in [1.807, 2.05) is 11.8 Å². The molecule has 1 spiro atoms. The molecule has 2 unspecified atom stereocenters. The van der Waals surface area contributed by atoms with E-state index in [-0.39, 0.29) is 5.54 Å². The van der Waals surface area contributed by atoms with Crippen molar-refractivity contribution >= 4 is 16.9 Å². The molecule has 3 rings (SSSR count). The average Bonchev–Trinajstić information content (AvgIpc) is 2.81. The maximum absolute atomic E-state index is 5.10. The van der Waals surface area contributed by atoms with Gasteiger partial charge in [0.25, 0.3) is 0 Å². The van der Waals surface area contributed by atoms with Crippen molar-refractivity contribution in [3.8, 4) is 0 Å². The Bertz CT molecular complexity index is 364. The van der Waals surface area contributed by atoms with Crippen LogP contribution in [0.1, 0.15) is 65.7 Å². The summed E-state index contributed by atoms with van der Waals surface area (Å²) in [5.74, 6) is 2.10. The second-order valence-electron chi connectivity index (χ2n) is 7.26. The van der Waals surface area contributed by atoms with Gasteiger partial charge in [0.15, 0.2) is 5.17 Å². The summed E-state index contributed by atoms with van der Waals surface area (Å²) in [5, 5.41) is 3.62. The molecule has 0 radical (unpaired) electrons. The minimum Gasteiger partial charge on any atom is -0.297 e. The molecule has 1 saturated carbocycles. The van der Waals surface area contributed by atoms with Gasteiger partial charge in [-0.15, -0.1) is 0 Å². The Morgan fingerprint density at radius 2 is 1.75 bits per heavy atom. The zero-order chi connectivity index (χ0) is 14.2. The molecule has 3 aliphatic rings. The van der Waals surface area contributed by atoms with Gasteiger partial charge < -0.3 is 0 Å². The molecule has 2 aliphatic heterocycles. The summed E-state index contributed by atoms with van der Waals surface area (Å²) in [6.45, 7) is 7.05. The first-order chi connectivity index (χ1) is 9.58. The third kappa shape index (κ3) is 3.01. The Morgan fingerprint density at radius 1 is 1.10 bits per heavy atom. The quantitative estimate of drug-likeness (QED) is 0.797. The molecule has 1 N–H and O–H groups in total. The molecule has 0 bridgehead atoms. The van der Waals surface area contributed by atoms with Crippen molar-refractivity contribution in [2.45, 2.75) is 83.3 Å². The summed E-state index contributed by atoms with van der Waals surface area (Å²) in [4.78, 5) is 5.10. The number of hydrogen-bond acceptors (Lipinski definition) is 4. The third-order valence-corrected chi connectivity index (χ3v) is 6.58. The van der Waals surface area contributed by atoms with E-state index in [0.717, 1.165) is 5.92 Å². The van der Waals surface area contributed by atoms with Gasteiger partial charge in [0, 0.05) is 17.8 Å². The van der Waals surface area contributed by atoms with Crippen molar-refractivity contribution < 1.29 is 0 Å². The van der Waals surface area contributed by atoms with Crippen LogP contribution in [0.2, 0.25) is 0 Å². The highest BCUT2D eigenvalue weighted by molar-refractivity contribution is 8.14. The Morgan fingerprint density at radius 3 is 2.40 bits per heavy atom. The second kappa shape index (κ2) is 5.88. The van der Waals surface area contributed by atoms with Crippen LogP contribution < -0.4 is 5.43 Å². The zero-order valence-electron chi connectivity index (χ0n) is 13.2. The molecule has 0 amide bonds. The van der Waals surface area contributed by atoms with Crippen LogP contribution >= 0.6 is 11.8 Å². The van der Waals surface area contributed by atoms with Crippen molar-refractivity contribution in [2.24, 2.45) is 10.9 Å². The van der Waals surface area contributed by atoms with Gasteiger partial charge >= 0.3 is 0 Å². The summed E-state index contributed by atoms with van der Waals surface area (Å²) in [7, 11) is 0. The number of amidine groups is 1. The number of piperidine rings is 1. The van der Waals surface area contributed by atoms with Crippen LogP contribution in [0.25, 0.3) is 0 Å². The van der Waals surface area contributed by atoms with E-state index in [9.17, 15) is 0 Å². The molecule has 0 aromatic rings. The molecule has 4 heteroatoms. The highest BCUT2D eigenvalue weighted by Gasteiger charge is 2.39. The van der Waals surface area contributed by atoms with Crippen molar-refractivity contribution in [1.82, 2.24) is 10.4 Å². The molecule has 3 nitrogen and oxygen atoms in total. The standard InChI is InChI=1S/C16H29N3S/c1-12-7-9-16(10-8-12)11-20-15(17-16)18-19-13(2)5-4-6-14(19)3/h12-14H,4-11H2,1-3H3,(H,17,18). The molecular formula is C16H29N3S.